The SMILES string of the molecule is O=C(c1ccc(-c2cscn2)cc1)N1CCC(Cc2ccccc2)CC1. The first-order valence-corrected chi connectivity index (χ1v) is 10.1. The number of aromatic nitrogens is 1. The Labute approximate surface area is 158 Å². The molecule has 1 aliphatic heterocycles. The van der Waals surface area contributed by atoms with Crippen LogP contribution in [0, 0.1) is 5.92 Å². The van der Waals surface area contributed by atoms with E-state index in [9.17, 15) is 4.79 Å². The number of hydrogen-bond donors (Lipinski definition) is 0. The van der Waals surface area contributed by atoms with Gasteiger partial charge in [0.2, 0.25) is 0 Å². The molecule has 0 spiro atoms. The molecule has 26 heavy (non-hydrogen) atoms. The minimum absolute atomic E-state index is 0.146. The monoisotopic (exact) mass is 362 g/mol. The fraction of sp³-hybridized carbons (Fsp3) is 0.273. The number of hydrogen-bond acceptors (Lipinski definition) is 3. The van der Waals surface area contributed by atoms with Crippen molar-refractivity contribution in [2.45, 2.75) is 19.3 Å². The van der Waals surface area contributed by atoms with Gasteiger partial charge in [-0.05, 0) is 42.9 Å². The molecule has 0 aliphatic carbocycles. The van der Waals surface area contributed by atoms with Crippen LogP contribution < -0.4 is 0 Å². The van der Waals surface area contributed by atoms with Crippen molar-refractivity contribution in [1.29, 1.82) is 0 Å². The van der Waals surface area contributed by atoms with Gasteiger partial charge in [0.1, 0.15) is 0 Å². The van der Waals surface area contributed by atoms with Gasteiger partial charge in [-0.15, -0.1) is 11.3 Å². The highest BCUT2D eigenvalue weighted by Crippen LogP contribution is 2.24. The van der Waals surface area contributed by atoms with Gasteiger partial charge < -0.3 is 4.90 Å². The van der Waals surface area contributed by atoms with E-state index < -0.39 is 0 Å². The third-order valence-electron chi connectivity index (χ3n) is 5.13. The van der Waals surface area contributed by atoms with E-state index in [1.807, 2.05) is 40.1 Å². The standard InChI is InChI=1S/C22H22N2OS/c25-22(20-8-6-19(7-9-20)21-15-26-16-23-21)24-12-10-18(11-13-24)14-17-4-2-1-3-5-17/h1-9,15-16,18H,10-14H2. The summed E-state index contributed by atoms with van der Waals surface area (Å²) in [5, 5.41) is 2.02. The number of likely N-dealkylation sites (tertiary alicyclic amines) is 1. The molecule has 132 valence electrons. The summed E-state index contributed by atoms with van der Waals surface area (Å²) >= 11 is 1.58. The molecule has 1 aliphatic rings. The second-order valence-electron chi connectivity index (χ2n) is 6.88. The first-order chi connectivity index (χ1) is 12.8. The van der Waals surface area contributed by atoms with Crippen LogP contribution in [0.2, 0.25) is 0 Å². The fourth-order valence-corrected chi connectivity index (χ4v) is 4.17. The molecular formula is C22H22N2OS. The molecule has 0 N–H and O–H groups in total. The quantitative estimate of drug-likeness (QED) is 0.661. The van der Waals surface area contributed by atoms with E-state index in [0.29, 0.717) is 5.92 Å². The molecule has 1 amide bonds. The number of benzene rings is 2. The highest BCUT2D eigenvalue weighted by atomic mass is 32.1. The summed E-state index contributed by atoms with van der Waals surface area (Å²) in [6.07, 6.45) is 3.28. The minimum atomic E-state index is 0.146. The van der Waals surface area contributed by atoms with Crippen molar-refractivity contribution in [2.24, 2.45) is 5.92 Å². The van der Waals surface area contributed by atoms with Gasteiger partial charge in [0.15, 0.2) is 0 Å². The molecule has 1 aromatic heterocycles. The van der Waals surface area contributed by atoms with Crippen LogP contribution >= 0.6 is 11.3 Å². The van der Waals surface area contributed by atoms with Crippen LogP contribution in [0.3, 0.4) is 0 Å². The third-order valence-corrected chi connectivity index (χ3v) is 5.72. The van der Waals surface area contributed by atoms with E-state index in [2.05, 4.69) is 35.3 Å². The first kappa shape index (κ1) is 17.0. The molecular weight excluding hydrogens is 340 g/mol. The zero-order chi connectivity index (χ0) is 17.8. The predicted octanol–water partition coefficient (Wildman–Crippen LogP) is 4.91. The topological polar surface area (TPSA) is 33.2 Å². The highest BCUT2D eigenvalue weighted by molar-refractivity contribution is 7.07. The lowest BCUT2D eigenvalue weighted by Gasteiger charge is -2.32. The van der Waals surface area contributed by atoms with E-state index in [4.69, 9.17) is 0 Å². The lowest BCUT2D eigenvalue weighted by molar-refractivity contribution is 0.0690. The van der Waals surface area contributed by atoms with Crippen LogP contribution in [0.25, 0.3) is 11.3 Å². The predicted molar refractivity (Wildman–Crippen MR) is 106 cm³/mol. The maximum Gasteiger partial charge on any atom is 0.253 e. The van der Waals surface area contributed by atoms with Crippen molar-refractivity contribution < 1.29 is 4.79 Å². The summed E-state index contributed by atoms with van der Waals surface area (Å²) in [5.74, 6) is 0.821. The number of amides is 1. The zero-order valence-corrected chi connectivity index (χ0v) is 15.5. The Morgan fingerprint density at radius 1 is 1.04 bits per heavy atom. The summed E-state index contributed by atoms with van der Waals surface area (Å²) in [7, 11) is 0. The van der Waals surface area contributed by atoms with E-state index in [0.717, 1.165) is 49.2 Å². The van der Waals surface area contributed by atoms with Gasteiger partial charge in [-0.25, -0.2) is 4.98 Å². The summed E-state index contributed by atoms with van der Waals surface area (Å²) in [5.41, 5.74) is 6.02. The van der Waals surface area contributed by atoms with E-state index in [1.165, 1.54) is 5.56 Å². The molecule has 4 rings (SSSR count). The number of rotatable bonds is 4. The molecule has 3 nitrogen and oxygen atoms in total. The van der Waals surface area contributed by atoms with Gasteiger partial charge in [0, 0.05) is 29.6 Å². The largest absolute Gasteiger partial charge is 0.339 e. The van der Waals surface area contributed by atoms with E-state index >= 15 is 0 Å². The molecule has 2 heterocycles. The fourth-order valence-electron chi connectivity index (χ4n) is 3.61. The van der Waals surface area contributed by atoms with Gasteiger partial charge in [-0.3, -0.25) is 4.79 Å². The summed E-state index contributed by atoms with van der Waals surface area (Å²) in [6, 6.07) is 18.5. The molecule has 4 heteroatoms. The smallest absolute Gasteiger partial charge is 0.253 e. The van der Waals surface area contributed by atoms with Crippen LogP contribution in [-0.2, 0) is 6.42 Å². The van der Waals surface area contributed by atoms with Crippen molar-refractivity contribution >= 4 is 17.2 Å². The molecule has 0 saturated carbocycles. The molecule has 2 aromatic carbocycles. The van der Waals surface area contributed by atoms with E-state index in [-0.39, 0.29) is 5.91 Å². The van der Waals surface area contributed by atoms with Crippen LogP contribution in [-0.4, -0.2) is 28.9 Å². The van der Waals surface area contributed by atoms with Gasteiger partial charge in [0.05, 0.1) is 11.2 Å². The highest BCUT2D eigenvalue weighted by Gasteiger charge is 2.23. The summed E-state index contributed by atoms with van der Waals surface area (Å²) in [4.78, 5) is 19.1. The van der Waals surface area contributed by atoms with Crippen molar-refractivity contribution in [3.63, 3.8) is 0 Å². The van der Waals surface area contributed by atoms with Gasteiger partial charge in [-0.2, -0.15) is 0 Å². The Hall–Kier alpha value is -2.46. The van der Waals surface area contributed by atoms with Crippen LogP contribution in [0.4, 0.5) is 0 Å². The number of piperidine rings is 1. The number of carbonyl (C=O) groups is 1. The Morgan fingerprint density at radius 3 is 2.42 bits per heavy atom. The zero-order valence-electron chi connectivity index (χ0n) is 14.7. The van der Waals surface area contributed by atoms with Crippen molar-refractivity contribution in [3.05, 3.63) is 76.6 Å². The molecule has 1 saturated heterocycles. The second-order valence-corrected chi connectivity index (χ2v) is 7.60. The Bertz CT molecular complexity index is 836. The molecule has 3 aromatic rings. The van der Waals surface area contributed by atoms with Crippen LogP contribution in [0.1, 0.15) is 28.8 Å². The van der Waals surface area contributed by atoms with E-state index in [1.54, 1.807) is 11.3 Å². The molecule has 1 fully saturated rings. The van der Waals surface area contributed by atoms with Gasteiger partial charge >= 0.3 is 0 Å². The lowest BCUT2D eigenvalue weighted by Crippen LogP contribution is -2.38. The normalized spacial score (nSPS) is 15.2. The number of carbonyl (C=O) groups excluding carboxylic acids is 1. The first-order valence-electron chi connectivity index (χ1n) is 9.11. The average Bonchev–Trinajstić information content (AvgIpc) is 3.24. The molecule has 0 radical (unpaired) electrons. The van der Waals surface area contributed by atoms with Gasteiger partial charge in [0.25, 0.3) is 5.91 Å². The van der Waals surface area contributed by atoms with Crippen molar-refractivity contribution in [3.8, 4) is 11.3 Å². The summed E-state index contributed by atoms with van der Waals surface area (Å²) < 4.78 is 0. The third kappa shape index (κ3) is 3.86. The molecule has 0 bridgehead atoms. The Balaban J connectivity index is 1.34. The second kappa shape index (κ2) is 7.83. The maximum absolute atomic E-state index is 12.8. The summed E-state index contributed by atoms with van der Waals surface area (Å²) in [6.45, 7) is 1.70. The Kier molecular flexibility index (Phi) is 5.12. The molecule has 0 unspecified atom stereocenters. The lowest BCUT2D eigenvalue weighted by atomic mass is 9.90. The minimum Gasteiger partial charge on any atom is -0.339 e. The van der Waals surface area contributed by atoms with Gasteiger partial charge in [-0.1, -0.05) is 42.5 Å². The van der Waals surface area contributed by atoms with Crippen molar-refractivity contribution in [1.82, 2.24) is 9.88 Å². The number of thiazole rings is 1. The average molecular weight is 362 g/mol. The maximum atomic E-state index is 12.8. The number of nitrogens with zero attached hydrogens (tertiary/aromatic N) is 2. The van der Waals surface area contributed by atoms with Crippen LogP contribution in [0.5, 0.6) is 0 Å². The Morgan fingerprint density at radius 2 is 1.77 bits per heavy atom. The van der Waals surface area contributed by atoms with Crippen molar-refractivity contribution in [2.75, 3.05) is 13.1 Å². The van der Waals surface area contributed by atoms with Crippen LogP contribution in [0.15, 0.2) is 65.5 Å². The molecule has 0 atom stereocenters.